The molecule has 158 valence electrons. The number of hydrogen-bond donors (Lipinski definition) is 2. The van der Waals surface area contributed by atoms with Crippen LogP contribution in [-0.4, -0.2) is 24.1 Å². The number of nitrogens with one attached hydrogen (secondary N) is 2. The zero-order chi connectivity index (χ0) is 21.7. The van der Waals surface area contributed by atoms with Crippen LogP contribution < -0.4 is 10.0 Å². The van der Waals surface area contributed by atoms with E-state index in [1.165, 1.54) is 23.5 Å². The number of carbonyl (C=O) groups excluding carboxylic acids is 1. The molecule has 0 aliphatic carbocycles. The Labute approximate surface area is 184 Å². The first kappa shape index (κ1) is 21.0. The van der Waals surface area contributed by atoms with Crippen LogP contribution in [0.25, 0.3) is 0 Å². The highest BCUT2D eigenvalue weighted by atomic mass is 32.2. The lowest BCUT2D eigenvalue weighted by atomic mass is 10.2. The quantitative estimate of drug-likeness (QED) is 0.426. The number of hydrogen-bond acceptors (Lipinski definition) is 5. The van der Waals surface area contributed by atoms with Gasteiger partial charge in [0.05, 0.1) is 17.6 Å². The van der Waals surface area contributed by atoms with Crippen molar-refractivity contribution < 1.29 is 13.2 Å². The molecule has 7 nitrogen and oxygen atoms in total. The summed E-state index contributed by atoms with van der Waals surface area (Å²) in [6, 6.07) is 21.1. The topological polar surface area (TPSA) is 93.1 Å². The lowest BCUT2D eigenvalue weighted by molar-refractivity contribution is 0.102. The molecule has 2 N–H and O–H groups in total. The summed E-state index contributed by atoms with van der Waals surface area (Å²) in [6.07, 6.45) is 1.61. The van der Waals surface area contributed by atoms with Crippen molar-refractivity contribution in [3.05, 3.63) is 100 Å². The van der Waals surface area contributed by atoms with Crippen molar-refractivity contribution in [3.8, 4) is 0 Å². The summed E-state index contributed by atoms with van der Waals surface area (Å²) >= 11 is 1.47. The Bertz CT molecular complexity index is 1270. The number of amides is 1. The molecule has 4 rings (SSSR count). The first-order valence-electron chi connectivity index (χ1n) is 9.50. The number of thiophene rings is 1. The molecule has 31 heavy (non-hydrogen) atoms. The highest BCUT2D eigenvalue weighted by Gasteiger charge is 2.17. The smallest absolute Gasteiger partial charge is 0.256 e. The van der Waals surface area contributed by atoms with Crippen molar-refractivity contribution in [3.63, 3.8) is 0 Å². The zero-order valence-electron chi connectivity index (χ0n) is 16.4. The van der Waals surface area contributed by atoms with Gasteiger partial charge in [0, 0.05) is 23.1 Å². The minimum absolute atomic E-state index is 0.0366. The largest absolute Gasteiger partial charge is 0.307 e. The number of rotatable bonds is 8. The average Bonchev–Trinajstić information content (AvgIpc) is 3.46. The maximum absolute atomic E-state index is 12.8. The van der Waals surface area contributed by atoms with E-state index in [4.69, 9.17) is 0 Å². The van der Waals surface area contributed by atoms with Crippen LogP contribution in [0.5, 0.6) is 0 Å². The van der Waals surface area contributed by atoms with Gasteiger partial charge in [0.15, 0.2) is 0 Å². The van der Waals surface area contributed by atoms with Crippen LogP contribution in [0.15, 0.2) is 89.3 Å². The van der Waals surface area contributed by atoms with E-state index in [0.717, 1.165) is 10.4 Å². The fourth-order valence-corrected chi connectivity index (χ4v) is 4.76. The Kier molecular flexibility index (Phi) is 6.26. The normalized spacial score (nSPS) is 11.4. The second-order valence-corrected chi connectivity index (χ2v) is 9.54. The predicted molar refractivity (Wildman–Crippen MR) is 121 cm³/mol. The predicted octanol–water partition coefficient (Wildman–Crippen LogP) is 3.72. The van der Waals surface area contributed by atoms with E-state index < -0.39 is 15.9 Å². The van der Waals surface area contributed by atoms with Crippen LogP contribution in [-0.2, 0) is 23.1 Å². The van der Waals surface area contributed by atoms with Crippen molar-refractivity contribution in [1.29, 1.82) is 0 Å². The van der Waals surface area contributed by atoms with Gasteiger partial charge in [-0.3, -0.25) is 4.79 Å². The molecule has 0 aliphatic rings. The second-order valence-electron chi connectivity index (χ2n) is 6.75. The molecule has 0 aliphatic heterocycles. The molecule has 0 saturated heterocycles. The van der Waals surface area contributed by atoms with Crippen LogP contribution in [0, 0.1) is 0 Å². The Morgan fingerprint density at radius 3 is 2.61 bits per heavy atom. The van der Waals surface area contributed by atoms with E-state index in [2.05, 4.69) is 15.1 Å². The molecule has 0 saturated carbocycles. The van der Waals surface area contributed by atoms with Crippen LogP contribution in [0.2, 0.25) is 0 Å². The molecule has 2 aromatic carbocycles. The number of benzene rings is 2. The molecule has 2 heterocycles. The summed E-state index contributed by atoms with van der Waals surface area (Å²) in [5, 5.41) is 8.95. The van der Waals surface area contributed by atoms with E-state index >= 15 is 0 Å². The first-order valence-corrected chi connectivity index (χ1v) is 11.9. The van der Waals surface area contributed by atoms with Crippen molar-refractivity contribution >= 4 is 33.1 Å². The average molecular weight is 453 g/mol. The minimum atomic E-state index is -3.74. The third-order valence-electron chi connectivity index (χ3n) is 4.56. The molecule has 0 radical (unpaired) electrons. The van der Waals surface area contributed by atoms with Gasteiger partial charge in [-0.1, -0.05) is 42.5 Å². The number of anilines is 1. The lowest BCUT2D eigenvalue weighted by Crippen LogP contribution is -2.23. The van der Waals surface area contributed by atoms with Crippen LogP contribution >= 0.6 is 11.3 Å². The Hall–Kier alpha value is -3.27. The maximum atomic E-state index is 12.8. The Morgan fingerprint density at radius 1 is 1.00 bits per heavy atom. The van der Waals surface area contributed by atoms with Crippen LogP contribution in [0.3, 0.4) is 0 Å². The van der Waals surface area contributed by atoms with Crippen molar-refractivity contribution in [1.82, 2.24) is 14.5 Å². The molecular weight excluding hydrogens is 432 g/mol. The summed E-state index contributed by atoms with van der Waals surface area (Å²) in [5.74, 6) is 0.114. The van der Waals surface area contributed by atoms with Crippen molar-refractivity contribution in [2.45, 2.75) is 18.0 Å². The number of nitrogens with zero attached hydrogens (tertiary/aromatic N) is 2. The summed E-state index contributed by atoms with van der Waals surface area (Å²) in [4.78, 5) is 13.7. The molecule has 4 aromatic rings. The lowest BCUT2D eigenvalue weighted by Gasteiger charge is -2.10. The molecule has 1 amide bonds. The van der Waals surface area contributed by atoms with Gasteiger partial charge in [0.2, 0.25) is 10.0 Å². The molecule has 0 atom stereocenters. The van der Waals surface area contributed by atoms with Gasteiger partial charge in [-0.2, -0.15) is 5.10 Å². The van der Waals surface area contributed by atoms with E-state index in [1.54, 1.807) is 29.1 Å². The van der Waals surface area contributed by atoms with Crippen LogP contribution in [0.1, 0.15) is 20.8 Å². The Morgan fingerprint density at radius 2 is 1.84 bits per heavy atom. The fourth-order valence-electron chi connectivity index (χ4n) is 2.98. The highest BCUT2D eigenvalue weighted by molar-refractivity contribution is 7.89. The number of sulfonamides is 1. The number of aromatic nitrogens is 2. The van der Waals surface area contributed by atoms with E-state index in [0.29, 0.717) is 12.4 Å². The molecule has 0 spiro atoms. The second kappa shape index (κ2) is 9.25. The molecule has 0 unspecified atom stereocenters. The summed E-state index contributed by atoms with van der Waals surface area (Å²) in [6.45, 7) is 0.708. The first-order chi connectivity index (χ1) is 15.0. The molecule has 0 fully saturated rings. The molecule has 0 bridgehead atoms. The van der Waals surface area contributed by atoms with E-state index in [9.17, 15) is 13.2 Å². The maximum Gasteiger partial charge on any atom is 0.256 e. The summed E-state index contributed by atoms with van der Waals surface area (Å²) in [5.41, 5.74) is 1.29. The van der Waals surface area contributed by atoms with Crippen molar-refractivity contribution in [2.24, 2.45) is 0 Å². The van der Waals surface area contributed by atoms with Gasteiger partial charge in [-0.15, -0.1) is 11.3 Å². The van der Waals surface area contributed by atoms with Gasteiger partial charge in [-0.25, -0.2) is 17.8 Å². The minimum Gasteiger partial charge on any atom is -0.307 e. The van der Waals surface area contributed by atoms with Gasteiger partial charge < -0.3 is 5.32 Å². The SMILES string of the molecule is O=C(Nc1ccnn1Cc1ccccc1)c1cccc(S(=O)(=O)NCc2cccs2)c1. The summed E-state index contributed by atoms with van der Waals surface area (Å²) in [7, 11) is -3.74. The van der Waals surface area contributed by atoms with Gasteiger partial charge in [0.25, 0.3) is 5.91 Å². The van der Waals surface area contributed by atoms with Crippen molar-refractivity contribution in [2.75, 3.05) is 5.32 Å². The molecular formula is C22H20N4O3S2. The zero-order valence-corrected chi connectivity index (χ0v) is 18.1. The molecule has 9 heteroatoms. The summed E-state index contributed by atoms with van der Waals surface area (Å²) < 4.78 is 29.5. The van der Waals surface area contributed by atoms with Crippen LogP contribution in [0.4, 0.5) is 5.82 Å². The van der Waals surface area contributed by atoms with Gasteiger partial charge in [0.1, 0.15) is 5.82 Å². The number of carbonyl (C=O) groups is 1. The standard InChI is InChI=1S/C22H20N4O3S2/c27-22(25-21-11-12-23-26(21)16-17-6-2-1-3-7-17)18-8-4-10-20(14-18)31(28,29)24-15-19-9-5-13-30-19/h1-14,24H,15-16H2,(H,25,27). The van der Waals surface area contributed by atoms with E-state index in [-0.39, 0.29) is 17.0 Å². The monoisotopic (exact) mass is 452 g/mol. The third kappa shape index (κ3) is 5.26. The Balaban J connectivity index is 1.47. The van der Waals surface area contributed by atoms with Gasteiger partial charge >= 0.3 is 0 Å². The fraction of sp³-hybridized carbons (Fsp3) is 0.0909. The molecule has 2 aromatic heterocycles. The highest BCUT2D eigenvalue weighted by Crippen LogP contribution is 2.16. The van der Waals surface area contributed by atoms with E-state index in [1.807, 2.05) is 47.8 Å². The third-order valence-corrected chi connectivity index (χ3v) is 6.83. The van der Waals surface area contributed by atoms with Gasteiger partial charge in [-0.05, 0) is 35.2 Å².